The van der Waals surface area contributed by atoms with Crippen molar-refractivity contribution in [2.75, 3.05) is 11.9 Å². The predicted octanol–water partition coefficient (Wildman–Crippen LogP) is 2.01. The SMILES string of the molecule is CC1(C)CC1C(=O)Nc1ccc(C#CCO)cc1. The van der Waals surface area contributed by atoms with Gasteiger partial charge in [0.25, 0.3) is 0 Å². The molecule has 0 bridgehead atoms. The van der Waals surface area contributed by atoms with Crippen LogP contribution in [0.2, 0.25) is 0 Å². The minimum atomic E-state index is -0.144. The maximum absolute atomic E-state index is 11.9. The molecule has 18 heavy (non-hydrogen) atoms. The molecule has 1 saturated carbocycles. The standard InChI is InChI=1S/C15H17NO2/c1-15(2)10-13(15)14(18)16-12-7-5-11(6-8-12)4-3-9-17/h5-8,13,17H,9-10H2,1-2H3,(H,16,18). The lowest BCUT2D eigenvalue weighted by molar-refractivity contribution is -0.118. The fraction of sp³-hybridized carbons (Fsp3) is 0.400. The van der Waals surface area contributed by atoms with Gasteiger partial charge in [0.15, 0.2) is 0 Å². The van der Waals surface area contributed by atoms with Crippen LogP contribution < -0.4 is 5.32 Å². The van der Waals surface area contributed by atoms with Gasteiger partial charge < -0.3 is 10.4 Å². The van der Waals surface area contributed by atoms with Crippen molar-refractivity contribution >= 4 is 11.6 Å². The molecule has 0 spiro atoms. The summed E-state index contributed by atoms with van der Waals surface area (Å²) in [5, 5.41) is 11.5. The van der Waals surface area contributed by atoms with Crippen molar-refractivity contribution in [3.8, 4) is 11.8 Å². The smallest absolute Gasteiger partial charge is 0.228 e. The van der Waals surface area contributed by atoms with Gasteiger partial charge >= 0.3 is 0 Å². The van der Waals surface area contributed by atoms with Crippen molar-refractivity contribution in [1.29, 1.82) is 0 Å². The third-order valence-electron chi connectivity index (χ3n) is 3.29. The molecule has 0 heterocycles. The molecular formula is C15H17NO2. The summed E-state index contributed by atoms with van der Waals surface area (Å²) in [6.07, 6.45) is 0.957. The summed E-state index contributed by atoms with van der Waals surface area (Å²) in [4.78, 5) is 11.9. The molecule has 1 atom stereocenters. The van der Waals surface area contributed by atoms with Crippen LogP contribution in [0.15, 0.2) is 24.3 Å². The Bertz CT molecular complexity index is 506. The van der Waals surface area contributed by atoms with Crippen LogP contribution in [0.4, 0.5) is 5.69 Å². The lowest BCUT2D eigenvalue weighted by Crippen LogP contribution is -2.16. The summed E-state index contributed by atoms with van der Waals surface area (Å²) < 4.78 is 0. The molecule has 0 saturated heterocycles. The average Bonchev–Trinajstić information content (AvgIpc) is 2.98. The van der Waals surface area contributed by atoms with Gasteiger partial charge in [-0.25, -0.2) is 0 Å². The van der Waals surface area contributed by atoms with Crippen LogP contribution in [0.3, 0.4) is 0 Å². The van der Waals surface area contributed by atoms with E-state index in [9.17, 15) is 4.79 Å². The molecule has 0 aliphatic heterocycles. The Kier molecular flexibility index (Phi) is 3.40. The van der Waals surface area contributed by atoms with Crippen LogP contribution >= 0.6 is 0 Å². The van der Waals surface area contributed by atoms with Crippen molar-refractivity contribution in [2.45, 2.75) is 20.3 Å². The number of anilines is 1. The average molecular weight is 243 g/mol. The number of aliphatic hydroxyl groups is 1. The first kappa shape index (κ1) is 12.7. The van der Waals surface area contributed by atoms with Gasteiger partial charge in [-0.3, -0.25) is 4.79 Å². The number of amides is 1. The van der Waals surface area contributed by atoms with Gasteiger partial charge in [-0.05, 0) is 36.1 Å². The summed E-state index contributed by atoms with van der Waals surface area (Å²) in [5.41, 5.74) is 1.77. The molecule has 1 aromatic carbocycles. The van der Waals surface area contributed by atoms with Crippen molar-refractivity contribution in [1.82, 2.24) is 0 Å². The van der Waals surface area contributed by atoms with Gasteiger partial charge in [-0.15, -0.1) is 0 Å². The number of carbonyl (C=O) groups excluding carboxylic acids is 1. The quantitative estimate of drug-likeness (QED) is 0.781. The highest BCUT2D eigenvalue weighted by Crippen LogP contribution is 2.51. The highest BCUT2D eigenvalue weighted by molar-refractivity contribution is 5.95. The van der Waals surface area contributed by atoms with Crippen molar-refractivity contribution in [3.05, 3.63) is 29.8 Å². The molecule has 1 fully saturated rings. The van der Waals surface area contributed by atoms with Gasteiger partial charge in [0.05, 0.1) is 0 Å². The maximum atomic E-state index is 11.9. The molecule has 1 aromatic rings. The first-order chi connectivity index (χ1) is 8.53. The topological polar surface area (TPSA) is 49.3 Å². The number of aliphatic hydroxyl groups excluding tert-OH is 1. The molecular weight excluding hydrogens is 226 g/mol. The minimum absolute atomic E-state index is 0.0918. The monoisotopic (exact) mass is 243 g/mol. The number of nitrogens with one attached hydrogen (secondary N) is 1. The molecule has 3 heteroatoms. The highest BCUT2D eigenvalue weighted by Gasteiger charge is 2.50. The summed E-state index contributed by atoms with van der Waals surface area (Å²) in [6, 6.07) is 7.32. The molecule has 0 radical (unpaired) electrons. The van der Waals surface area contributed by atoms with E-state index in [1.54, 1.807) is 0 Å². The number of hydrogen-bond donors (Lipinski definition) is 2. The number of benzene rings is 1. The molecule has 3 nitrogen and oxygen atoms in total. The lowest BCUT2D eigenvalue weighted by Gasteiger charge is -2.06. The maximum Gasteiger partial charge on any atom is 0.228 e. The number of carbonyl (C=O) groups is 1. The van der Waals surface area contributed by atoms with Crippen molar-refractivity contribution < 1.29 is 9.90 Å². The van der Waals surface area contributed by atoms with E-state index in [0.717, 1.165) is 17.7 Å². The zero-order valence-corrected chi connectivity index (χ0v) is 10.7. The van der Waals surface area contributed by atoms with E-state index in [1.807, 2.05) is 24.3 Å². The Morgan fingerprint density at radius 2 is 2.06 bits per heavy atom. The second-order valence-corrected chi connectivity index (χ2v) is 5.27. The molecule has 0 aromatic heterocycles. The van der Waals surface area contributed by atoms with E-state index >= 15 is 0 Å². The van der Waals surface area contributed by atoms with Gasteiger partial charge in [0.1, 0.15) is 6.61 Å². The van der Waals surface area contributed by atoms with Gasteiger partial charge in [-0.2, -0.15) is 0 Å². The van der Waals surface area contributed by atoms with E-state index in [-0.39, 0.29) is 23.8 Å². The van der Waals surface area contributed by atoms with Crippen LogP contribution in [0.5, 0.6) is 0 Å². The summed E-state index contributed by atoms with van der Waals surface area (Å²) in [6.45, 7) is 4.06. The van der Waals surface area contributed by atoms with E-state index in [0.29, 0.717) is 0 Å². The van der Waals surface area contributed by atoms with E-state index in [1.165, 1.54) is 0 Å². The van der Waals surface area contributed by atoms with Crippen LogP contribution in [0.1, 0.15) is 25.8 Å². The van der Waals surface area contributed by atoms with Crippen LogP contribution in [0, 0.1) is 23.2 Å². The van der Waals surface area contributed by atoms with Crippen molar-refractivity contribution in [3.63, 3.8) is 0 Å². The Labute approximate surface area is 107 Å². The summed E-state index contributed by atoms with van der Waals surface area (Å²) >= 11 is 0. The van der Waals surface area contributed by atoms with Crippen LogP contribution in [0.25, 0.3) is 0 Å². The Balaban J connectivity index is 1.96. The van der Waals surface area contributed by atoms with Gasteiger partial charge in [0.2, 0.25) is 5.91 Å². The fourth-order valence-electron chi connectivity index (χ4n) is 1.92. The zero-order chi connectivity index (χ0) is 13.2. The molecule has 1 unspecified atom stereocenters. The molecule has 2 rings (SSSR count). The third kappa shape index (κ3) is 2.91. The number of hydrogen-bond acceptors (Lipinski definition) is 2. The molecule has 1 amide bonds. The van der Waals surface area contributed by atoms with E-state index < -0.39 is 0 Å². The van der Waals surface area contributed by atoms with Crippen LogP contribution in [-0.4, -0.2) is 17.6 Å². The first-order valence-electron chi connectivity index (χ1n) is 6.03. The highest BCUT2D eigenvalue weighted by atomic mass is 16.2. The predicted molar refractivity (Wildman–Crippen MR) is 70.9 cm³/mol. The van der Waals surface area contributed by atoms with Gasteiger partial charge in [-0.1, -0.05) is 25.7 Å². The van der Waals surface area contributed by atoms with Gasteiger partial charge in [0, 0.05) is 17.2 Å². The summed E-state index contributed by atoms with van der Waals surface area (Å²) in [7, 11) is 0. The summed E-state index contributed by atoms with van der Waals surface area (Å²) in [5.74, 6) is 5.62. The van der Waals surface area contributed by atoms with Crippen molar-refractivity contribution in [2.24, 2.45) is 11.3 Å². The Morgan fingerprint density at radius 1 is 1.44 bits per heavy atom. The Hall–Kier alpha value is -1.79. The normalized spacial score (nSPS) is 19.6. The fourth-order valence-corrected chi connectivity index (χ4v) is 1.92. The molecule has 1 aliphatic carbocycles. The third-order valence-corrected chi connectivity index (χ3v) is 3.29. The van der Waals surface area contributed by atoms with Crippen LogP contribution in [-0.2, 0) is 4.79 Å². The first-order valence-corrected chi connectivity index (χ1v) is 6.03. The van der Waals surface area contributed by atoms with E-state index in [2.05, 4.69) is 31.0 Å². The lowest BCUT2D eigenvalue weighted by atomic mass is 10.1. The molecule has 2 N–H and O–H groups in total. The number of rotatable bonds is 2. The second kappa shape index (κ2) is 4.83. The molecule has 1 aliphatic rings. The molecule has 94 valence electrons. The minimum Gasteiger partial charge on any atom is -0.384 e. The largest absolute Gasteiger partial charge is 0.384 e. The zero-order valence-electron chi connectivity index (χ0n) is 10.7. The van der Waals surface area contributed by atoms with E-state index in [4.69, 9.17) is 5.11 Å². The Morgan fingerprint density at radius 3 is 2.56 bits per heavy atom. The second-order valence-electron chi connectivity index (χ2n) is 5.27.